The zero-order valence-electron chi connectivity index (χ0n) is 13.9. The first-order chi connectivity index (χ1) is 12.6. The minimum absolute atomic E-state index is 0.320. The number of benzene rings is 2. The second-order valence-electron chi connectivity index (χ2n) is 5.71. The molecule has 134 valence electrons. The lowest BCUT2D eigenvalue weighted by molar-refractivity contribution is 0.171. The Bertz CT molecular complexity index is 943. The van der Waals surface area contributed by atoms with Crippen molar-refractivity contribution in [2.45, 2.75) is 10.9 Å². The van der Waals surface area contributed by atoms with E-state index < -0.39 is 0 Å². The van der Waals surface area contributed by atoms with Gasteiger partial charge in [-0.25, -0.2) is 4.39 Å². The van der Waals surface area contributed by atoms with Crippen molar-refractivity contribution in [1.29, 1.82) is 0 Å². The first-order valence-electron chi connectivity index (χ1n) is 7.98. The summed E-state index contributed by atoms with van der Waals surface area (Å²) in [6.45, 7) is 1.08. The van der Waals surface area contributed by atoms with Gasteiger partial charge < -0.3 is 14.0 Å². The van der Waals surface area contributed by atoms with Crippen molar-refractivity contribution in [3.8, 4) is 22.9 Å². The van der Waals surface area contributed by atoms with Gasteiger partial charge in [-0.05, 0) is 30.3 Å². The van der Waals surface area contributed by atoms with E-state index in [0.717, 1.165) is 11.3 Å². The molecule has 5 nitrogen and oxygen atoms in total. The fourth-order valence-electron chi connectivity index (χ4n) is 2.68. The molecule has 0 saturated carbocycles. The Balaban J connectivity index is 1.57. The largest absolute Gasteiger partial charge is 0.486 e. The highest BCUT2D eigenvalue weighted by Gasteiger charge is 2.17. The SMILES string of the molecule is Cn1c(SCc2c(F)cccc2Cl)nnc1-c1ccc2c(c1)OCCO2. The van der Waals surface area contributed by atoms with Crippen LogP contribution in [0.2, 0.25) is 5.02 Å². The highest BCUT2D eigenvalue weighted by atomic mass is 35.5. The molecule has 1 aromatic heterocycles. The van der Waals surface area contributed by atoms with Crippen molar-refractivity contribution in [3.63, 3.8) is 0 Å². The van der Waals surface area contributed by atoms with E-state index in [1.807, 2.05) is 29.8 Å². The van der Waals surface area contributed by atoms with E-state index in [1.54, 1.807) is 12.1 Å². The van der Waals surface area contributed by atoms with Gasteiger partial charge >= 0.3 is 0 Å². The molecule has 2 heterocycles. The van der Waals surface area contributed by atoms with Crippen LogP contribution in [0.5, 0.6) is 11.5 Å². The Kier molecular flexibility index (Phi) is 4.74. The minimum atomic E-state index is -0.320. The van der Waals surface area contributed by atoms with Gasteiger partial charge in [0.25, 0.3) is 0 Å². The van der Waals surface area contributed by atoms with Gasteiger partial charge in [0.1, 0.15) is 19.0 Å². The van der Waals surface area contributed by atoms with Crippen LogP contribution < -0.4 is 9.47 Å². The molecule has 0 atom stereocenters. The molecule has 0 fully saturated rings. The summed E-state index contributed by atoms with van der Waals surface area (Å²) in [4.78, 5) is 0. The first-order valence-corrected chi connectivity index (χ1v) is 9.35. The summed E-state index contributed by atoms with van der Waals surface area (Å²) in [5.74, 6) is 2.18. The van der Waals surface area contributed by atoms with Crippen LogP contribution in [-0.2, 0) is 12.8 Å². The number of rotatable bonds is 4. The molecule has 8 heteroatoms. The van der Waals surface area contributed by atoms with Crippen LogP contribution in [0.15, 0.2) is 41.6 Å². The van der Waals surface area contributed by atoms with Crippen LogP contribution in [0.25, 0.3) is 11.4 Å². The van der Waals surface area contributed by atoms with Gasteiger partial charge in [-0.2, -0.15) is 0 Å². The van der Waals surface area contributed by atoms with Crippen molar-refractivity contribution < 1.29 is 13.9 Å². The monoisotopic (exact) mass is 391 g/mol. The highest BCUT2D eigenvalue weighted by Crippen LogP contribution is 2.35. The molecule has 1 aliphatic heterocycles. The number of aromatic nitrogens is 3. The third-order valence-corrected chi connectivity index (χ3v) is 5.44. The van der Waals surface area contributed by atoms with Crippen LogP contribution in [0, 0.1) is 5.82 Å². The fourth-order valence-corrected chi connectivity index (χ4v) is 3.94. The second kappa shape index (κ2) is 7.17. The molecule has 4 rings (SSSR count). The van der Waals surface area contributed by atoms with Crippen molar-refractivity contribution in [2.75, 3.05) is 13.2 Å². The zero-order valence-corrected chi connectivity index (χ0v) is 15.5. The summed E-state index contributed by atoms with van der Waals surface area (Å²) in [7, 11) is 1.87. The molecule has 26 heavy (non-hydrogen) atoms. The molecular formula is C18H15ClFN3O2S. The van der Waals surface area contributed by atoms with Gasteiger partial charge in [0.05, 0.1) is 0 Å². The molecule has 0 N–H and O–H groups in total. The molecule has 0 spiro atoms. The van der Waals surface area contributed by atoms with Crippen molar-refractivity contribution >= 4 is 23.4 Å². The summed E-state index contributed by atoms with van der Waals surface area (Å²) < 4.78 is 26.9. The van der Waals surface area contributed by atoms with Gasteiger partial charge in [-0.1, -0.05) is 29.4 Å². The molecule has 0 unspecified atom stereocenters. The Hall–Kier alpha value is -2.25. The molecule has 0 radical (unpaired) electrons. The summed E-state index contributed by atoms with van der Waals surface area (Å²) >= 11 is 7.46. The zero-order chi connectivity index (χ0) is 18.1. The molecule has 1 aliphatic rings. The predicted octanol–water partition coefficient (Wildman–Crippen LogP) is 4.34. The van der Waals surface area contributed by atoms with E-state index in [4.69, 9.17) is 21.1 Å². The number of halogens is 2. The van der Waals surface area contributed by atoms with E-state index in [0.29, 0.717) is 46.3 Å². The molecule has 0 aliphatic carbocycles. The van der Waals surface area contributed by atoms with Gasteiger partial charge in [-0.15, -0.1) is 10.2 Å². The number of ether oxygens (including phenoxy) is 2. The lowest BCUT2D eigenvalue weighted by Gasteiger charge is -2.18. The fraction of sp³-hybridized carbons (Fsp3) is 0.222. The third-order valence-electron chi connectivity index (χ3n) is 4.04. The Labute approximate surface area is 159 Å². The number of thioether (sulfide) groups is 1. The van der Waals surface area contributed by atoms with E-state index in [1.165, 1.54) is 17.8 Å². The van der Waals surface area contributed by atoms with Crippen LogP contribution in [-0.4, -0.2) is 28.0 Å². The van der Waals surface area contributed by atoms with Gasteiger partial charge in [0, 0.05) is 29.0 Å². The summed E-state index contributed by atoms with van der Waals surface area (Å²) in [6.07, 6.45) is 0. The molecule has 2 aromatic carbocycles. The number of hydrogen-bond acceptors (Lipinski definition) is 5. The average molecular weight is 392 g/mol. The van der Waals surface area contributed by atoms with Crippen molar-refractivity contribution in [2.24, 2.45) is 7.05 Å². The van der Waals surface area contributed by atoms with Crippen molar-refractivity contribution in [1.82, 2.24) is 14.8 Å². The third kappa shape index (κ3) is 3.24. The van der Waals surface area contributed by atoms with Crippen LogP contribution in [0.1, 0.15) is 5.56 Å². The maximum absolute atomic E-state index is 13.9. The normalized spacial score (nSPS) is 13.0. The Morgan fingerprint density at radius 1 is 1.15 bits per heavy atom. The lowest BCUT2D eigenvalue weighted by Crippen LogP contribution is -2.15. The molecular weight excluding hydrogens is 377 g/mol. The topological polar surface area (TPSA) is 49.2 Å². The van der Waals surface area contributed by atoms with Gasteiger partial charge in [0.2, 0.25) is 0 Å². The maximum atomic E-state index is 13.9. The summed E-state index contributed by atoms with van der Waals surface area (Å²) in [5, 5.41) is 9.56. The quantitative estimate of drug-likeness (QED) is 0.619. The standard InChI is InChI=1S/C18H15ClFN3O2S/c1-23-17(11-5-6-15-16(9-11)25-8-7-24-15)21-22-18(23)26-10-12-13(19)3-2-4-14(12)20/h2-6,9H,7-8,10H2,1H3. The maximum Gasteiger partial charge on any atom is 0.191 e. The van der Waals surface area contributed by atoms with Crippen molar-refractivity contribution in [3.05, 3.63) is 52.8 Å². The predicted molar refractivity (Wildman–Crippen MR) is 98.4 cm³/mol. The average Bonchev–Trinajstić information content (AvgIpc) is 3.01. The second-order valence-corrected chi connectivity index (χ2v) is 7.06. The van der Waals surface area contributed by atoms with Gasteiger partial charge in [-0.3, -0.25) is 0 Å². The van der Waals surface area contributed by atoms with E-state index in [9.17, 15) is 4.39 Å². The minimum Gasteiger partial charge on any atom is -0.486 e. The Morgan fingerprint density at radius 2 is 1.96 bits per heavy atom. The molecule has 0 saturated heterocycles. The first kappa shape index (κ1) is 17.2. The Morgan fingerprint density at radius 3 is 2.77 bits per heavy atom. The lowest BCUT2D eigenvalue weighted by atomic mass is 10.2. The summed E-state index contributed by atoms with van der Waals surface area (Å²) in [6, 6.07) is 10.3. The van der Waals surface area contributed by atoms with Crippen LogP contribution in [0.3, 0.4) is 0 Å². The highest BCUT2D eigenvalue weighted by molar-refractivity contribution is 7.98. The molecule has 0 amide bonds. The number of fused-ring (bicyclic) bond motifs is 1. The van der Waals surface area contributed by atoms with Crippen LogP contribution >= 0.6 is 23.4 Å². The van der Waals surface area contributed by atoms with E-state index in [-0.39, 0.29) is 5.82 Å². The molecule has 3 aromatic rings. The molecule has 0 bridgehead atoms. The van der Waals surface area contributed by atoms with Crippen LogP contribution in [0.4, 0.5) is 4.39 Å². The van der Waals surface area contributed by atoms with E-state index >= 15 is 0 Å². The smallest absolute Gasteiger partial charge is 0.191 e. The number of nitrogens with zero attached hydrogens (tertiary/aromatic N) is 3. The van der Waals surface area contributed by atoms with E-state index in [2.05, 4.69) is 10.2 Å². The summed E-state index contributed by atoms with van der Waals surface area (Å²) in [5.41, 5.74) is 1.34. The number of hydrogen-bond donors (Lipinski definition) is 0. The van der Waals surface area contributed by atoms with Gasteiger partial charge in [0.15, 0.2) is 22.5 Å².